The molecule has 28 heavy (non-hydrogen) atoms. The van der Waals surface area contributed by atoms with E-state index in [0.29, 0.717) is 28.5 Å². The van der Waals surface area contributed by atoms with E-state index in [-0.39, 0.29) is 11.7 Å². The van der Waals surface area contributed by atoms with E-state index in [0.717, 1.165) is 31.5 Å². The highest BCUT2D eigenvalue weighted by atomic mass is 19.1. The van der Waals surface area contributed by atoms with Crippen molar-refractivity contribution in [1.29, 1.82) is 0 Å². The second kappa shape index (κ2) is 6.68. The fourth-order valence-corrected chi connectivity index (χ4v) is 3.44. The molecule has 5 rings (SSSR count). The van der Waals surface area contributed by atoms with E-state index < -0.39 is 5.82 Å². The SMILES string of the molecule is Nc1ncc(-c2cnn(C3CCNCC3)c2)nc1-c1nc2ccc(F)cc2o1. The number of anilines is 1. The monoisotopic (exact) mass is 379 g/mol. The average molecular weight is 379 g/mol. The molecule has 0 spiro atoms. The smallest absolute Gasteiger partial charge is 0.250 e. The van der Waals surface area contributed by atoms with Crippen LogP contribution in [0.25, 0.3) is 33.9 Å². The van der Waals surface area contributed by atoms with E-state index in [1.54, 1.807) is 18.5 Å². The van der Waals surface area contributed by atoms with Crippen LogP contribution in [0.3, 0.4) is 0 Å². The molecule has 1 saturated heterocycles. The summed E-state index contributed by atoms with van der Waals surface area (Å²) in [5.74, 6) is 0.00746. The van der Waals surface area contributed by atoms with Gasteiger partial charge in [-0.15, -0.1) is 0 Å². The van der Waals surface area contributed by atoms with E-state index in [1.165, 1.54) is 12.1 Å². The second-order valence-electron chi connectivity index (χ2n) is 6.81. The van der Waals surface area contributed by atoms with E-state index in [4.69, 9.17) is 10.2 Å². The number of nitrogens with zero attached hydrogens (tertiary/aromatic N) is 5. The van der Waals surface area contributed by atoms with Crippen LogP contribution in [0.2, 0.25) is 0 Å². The maximum absolute atomic E-state index is 13.4. The maximum atomic E-state index is 13.4. The summed E-state index contributed by atoms with van der Waals surface area (Å²) < 4.78 is 21.0. The number of oxazole rings is 1. The van der Waals surface area contributed by atoms with Crippen molar-refractivity contribution in [2.24, 2.45) is 0 Å². The van der Waals surface area contributed by atoms with Crippen LogP contribution in [0.15, 0.2) is 41.2 Å². The molecule has 0 unspecified atom stereocenters. The molecule has 9 heteroatoms. The van der Waals surface area contributed by atoms with E-state index >= 15 is 0 Å². The number of benzene rings is 1. The van der Waals surface area contributed by atoms with Gasteiger partial charge in [0.05, 0.1) is 24.1 Å². The Kier molecular flexibility index (Phi) is 4.01. The van der Waals surface area contributed by atoms with Gasteiger partial charge in [0.15, 0.2) is 17.1 Å². The van der Waals surface area contributed by atoms with Crippen LogP contribution in [0.1, 0.15) is 18.9 Å². The first-order chi connectivity index (χ1) is 13.7. The number of nitrogen functional groups attached to an aromatic ring is 1. The van der Waals surface area contributed by atoms with Gasteiger partial charge in [-0.2, -0.15) is 5.10 Å². The molecular weight excluding hydrogens is 361 g/mol. The quantitative estimate of drug-likeness (QED) is 0.563. The molecule has 4 aromatic rings. The molecule has 142 valence electrons. The third kappa shape index (κ3) is 2.99. The molecule has 0 amide bonds. The zero-order valence-electron chi connectivity index (χ0n) is 15.0. The van der Waals surface area contributed by atoms with Gasteiger partial charge in [0.25, 0.3) is 0 Å². The van der Waals surface area contributed by atoms with Crippen molar-refractivity contribution < 1.29 is 8.81 Å². The van der Waals surface area contributed by atoms with Gasteiger partial charge in [-0.05, 0) is 38.1 Å². The van der Waals surface area contributed by atoms with Crippen LogP contribution < -0.4 is 11.1 Å². The van der Waals surface area contributed by atoms with Gasteiger partial charge in [0.1, 0.15) is 11.3 Å². The van der Waals surface area contributed by atoms with Crippen molar-refractivity contribution in [2.45, 2.75) is 18.9 Å². The Labute approximate surface area is 159 Å². The normalized spacial score (nSPS) is 15.3. The third-order valence-electron chi connectivity index (χ3n) is 4.93. The van der Waals surface area contributed by atoms with Gasteiger partial charge in [0, 0.05) is 17.8 Å². The van der Waals surface area contributed by atoms with Crippen LogP contribution in [-0.4, -0.2) is 37.8 Å². The number of halogens is 1. The summed E-state index contributed by atoms with van der Waals surface area (Å²) in [7, 11) is 0. The van der Waals surface area contributed by atoms with Gasteiger partial charge in [-0.1, -0.05) is 0 Å². The lowest BCUT2D eigenvalue weighted by atomic mass is 10.1. The molecular formula is C19H18FN7O. The summed E-state index contributed by atoms with van der Waals surface area (Å²) in [4.78, 5) is 13.2. The van der Waals surface area contributed by atoms with Crippen LogP contribution in [0.4, 0.5) is 10.2 Å². The minimum absolute atomic E-state index is 0.196. The van der Waals surface area contributed by atoms with E-state index in [9.17, 15) is 4.39 Å². The second-order valence-corrected chi connectivity index (χ2v) is 6.81. The summed E-state index contributed by atoms with van der Waals surface area (Å²) in [6.45, 7) is 1.98. The number of rotatable bonds is 3. The van der Waals surface area contributed by atoms with Crippen LogP contribution in [0, 0.1) is 5.82 Å². The first kappa shape index (κ1) is 16.8. The van der Waals surface area contributed by atoms with Gasteiger partial charge < -0.3 is 15.5 Å². The molecule has 1 fully saturated rings. The predicted molar refractivity (Wildman–Crippen MR) is 102 cm³/mol. The Hall–Kier alpha value is -3.33. The lowest BCUT2D eigenvalue weighted by molar-refractivity contribution is 0.343. The largest absolute Gasteiger partial charge is 0.434 e. The van der Waals surface area contributed by atoms with Gasteiger partial charge in [-0.25, -0.2) is 19.3 Å². The maximum Gasteiger partial charge on any atom is 0.250 e. The topological polar surface area (TPSA) is 108 Å². The molecule has 4 heterocycles. The van der Waals surface area contributed by atoms with Crippen molar-refractivity contribution in [2.75, 3.05) is 18.8 Å². The fraction of sp³-hybridized carbons (Fsp3) is 0.263. The Morgan fingerprint density at radius 3 is 2.89 bits per heavy atom. The molecule has 0 aliphatic carbocycles. The Balaban J connectivity index is 1.51. The number of hydrogen-bond acceptors (Lipinski definition) is 7. The van der Waals surface area contributed by atoms with Crippen LogP contribution in [0.5, 0.6) is 0 Å². The van der Waals surface area contributed by atoms with Gasteiger partial charge >= 0.3 is 0 Å². The van der Waals surface area contributed by atoms with Crippen molar-refractivity contribution in [3.63, 3.8) is 0 Å². The highest BCUT2D eigenvalue weighted by molar-refractivity contribution is 5.78. The molecule has 1 aromatic carbocycles. The number of piperidine rings is 1. The molecule has 1 aliphatic rings. The average Bonchev–Trinajstić information content (AvgIpc) is 3.36. The van der Waals surface area contributed by atoms with Crippen molar-refractivity contribution >= 4 is 16.9 Å². The number of fused-ring (bicyclic) bond motifs is 1. The standard InChI is InChI=1S/C19H18FN7O/c20-12-1-2-14-16(7-12)28-19(26-14)17-18(21)23-9-15(25-17)11-8-24-27(10-11)13-3-5-22-6-4-13/h1-2,7-10,13,22H,3-6H2,(H2,21,23). The van der Waals surface area contributed by atoms with Crippen LogP contribution in [-0.2, 0) is 0 Å². The summed E-state index contributed by atoms with van der Waals surface area (Å²) in [5, 5.41) is 7.85. The molecule has 3 N–H and O–H groups in total. The lowest BCUT2D eigenvalue weighted by Gasteiger charge is -2.22. The molecule has 0 bridgehead atoms. The minimum atomic E-state index is -0.395. The summed E-state index contributed by atoms with van der Waals surface area (Å²) in [6, 6.07) is 4.54. The lowest BCUT2D eigenvalue weighted by Crippen LogP contribution is -2.29. The number of nitrogens with one attached hydrogen (secondary N) is 1. The van der Waals surface area contributed by atoms with E-state index in [2.05, 4.69) is 25.4 Å². The molecule has 8 nitrogen and oxygen atoms in total. The van der Waals surface area contributed by atoms with Crippen molar-refractivity contribution in [1.82, 2.24) is 30.0 Å². The predicted octanol–water partition coefficient (Wildman–Crippen LogP) is 2.79. The molecule has 0 atom stereocenters. The first-order valence-corrected chi connectivity index (χ1v) is 9.11. The summed E-state index contributed by atoms with van der Waals surface area (Å²) in [6.07, 6.45) is 7.43. The first-order valence-electron chi connectivity index (χ1n) is 9.11. The number of nitrogens with two attached hydrogens (primary N) is 1. The summed E-state index contributed by atoms with van der Waals surface area (Å²) in [5.41, 5.74) is 8.65. The molecule has 0 radical (unpaired) electrons. The third-order valence-corrected chi connectivity index (χ3v) is 4.93. The number of hydrogen-bond donors (Lipinski definition) is 2. The Morgan fingerprint density at radius 2 is 2.04 bits per heavy atom. The summed E-state index contributed by atoms with van der Waals surface area (Å²) >= 11 is 0. The zero-order chi connectivity index (χ0) is 19.1. The van der Waals surface area contributed by atoms with Crippen molar-refractivity contribution in [3.8, 4) is 22.8 Å². The Morgan fingerprint density at radius 1 is 1.18 bits per heavy atom. The van der Waals surface area contributed by atoms with Crippen LogP contribution >= 0.6 is 0 Å². The van der Waals surface area contributed by atoms with Crippen molar-refractivity contribution in [3.05, 3.63) is 42.6 Å². The molecule has 0 saturated carbocycles. The number of aromatic nitrogens is 5. The van der Waals surface area contributed by atoms with Gasteiger partial charge in [-0.3, -0.25) is 4.68 Å². The highest BCUT2D eigenvalue weighted by Crippen LogP contribution is 2.29. The van der Waals surface area contributed by atoms with Gasteiger partial charge in [0.2, 0.25) is 5.89 Å². The highest BCUT2D eigenvalue weighted by Gasteiger charge is 2.19. The minimum Gasteiger partial charge on any atom is -0.434 e. The molecule has 3 aromatic heterocycles. The Bertz CT molecular complexity index is 1150. The van der Waals surface area contributed by atoms with E-state index in [1.807, 2.05) is 10.9 Å². The zero-order valence-corrected chi connectivity index (χ0v) is 15.0. The molecule has 1 aliphatic heterocycles. The fourth-order valence-electron chi connectivity index (χ4n) is 3.44.